The van der Waals surface area contributed by atoms with E-state index >= 15 is 0 Å². The Hall–Kier alpha value is -1.000. The lowest BCUT2D eigenvalue weighted by molar-refractivity contribution is 0.103. The van der Waals surface area contributed by atoms with Crippen LogP contribution in [0.15, 0.2) is 45.6 Å². The van der Waals surface area contributed by atoms with Crippen LogP contribution in [0.2, 0.25) is 0 Å². The first-order chi connectivity index (χ1) is 8.08. The third kappa shape index (κ3) is 2.82. The lowest BCUT2D eigenvalue weighted by Crippen LogP contribution is -2.03. The van der Waals surface area contributed by atoms with Crippen molar-refractivity contribution in [2.45, 2.75) is 6.92 Å². The van der Waals surface area contributed by atoms with Gasteiger partial charge in [0.25, 0.3) is 0 Å². The molecule has 2 rings (SSSR count). The highest BCUT2D eigenvalue weighted by Crippen LogP contribution is 2.24. The lowest BCUT2D eigenvalue weighted by Gasteiger charge is -2.05. The molecule has 0 atom stereocenters. The fourth-order valence-electron chi connectivity index (χ4n) is 1.51. The van der Waals surface area contributed by atoms with Crippen molar-refractivity contribution in [1.82, 2.24) is 4.98 Å². The Morgan fingerprint density at radius 2 is 1.94 bits per heavy atom. The molecule has 0 amide bonds. The Morgan fingerprint density at radius 3 is 2.65 bits per heavy atom. The molecule has 17 heavy (non-hydrogen) atoms. The Kier molecular flexibility index (Phi) is 3.74. The topological polar surface area (TPSA) is 30.0 Å². The molecule has 0 aliphatic heterocycles. The minimum Gasteiger partial charge on any atom is -0.289 e. The highest BCUT2D eigenvalue weighted by molar-refractivity contribution is 9.11. The van der Waals surface area contributed by atoms with E-state index < -0.39 is 0 Å². The number of carbonyl (C=O) groups excluding carboxylic acids is 1. The summed E-state index contributed by atoms with van der Waals surface area (Å²) in [5.41, 5.74) is 2.21. The van der Waals surface area contributed by atoms with Crippen LogP contribution in [0.4, 0.5) is 0 Å². The second-order valence-electron chi connectivity index (χ2n) is 3.70. The minimum atomic E-state index is -0.0330. The van der Waals surface area contributed by atoms with Crippen LogP contribution >= 0.6 is 31.9 Å². The molecule has 2 nitrogen and oxygen atoms in total. The van der Waals surface area contributed by atoms with E-state index in [0.717, 1.165) is 14.5 Å². The number of halogens is 2. The normalized spacial score (nSPS) is 10.3. The van der Waals surface area contributed by atoms with E-state index in [1.807, 2.05) is 25.1 Å². The van der Waals surface area contributed by atoms with Crippen molar-refractivity contribution in [3.8, 4) is 0 Å². The molecule has 0 saturated carbocycles. The largest absolute Gasteiger partial charge is 0.289 e. The maximum Gasteiger partial charge on any atom is 0.195 e. The average Bonchev–Trinajstić information content (AvgIpc) is 2.31. The summed E-state index contributed by atoms with van der Waals surface area (Å²) in [5, 5.41) is 0. The molecule has 0 bridgehead atoms. The first kappa shape index (κ1) is 12.5. The van der Waals surface area contributed by atoms with Crippen molar-refractivity contribution >= 4 is 37.6 Å². The molecular formula is C13H9Br2NO. The molecule has 86 valence electrons. The van der Waals surface area contributed by atoms with Crippen LogP contribution in [-0.2, 0) is 0 Å². The van der Waals surface area contributed by atoms with Gasteiger partial charge in [0.1, 0.15) is 0 Å². The van der Waals surface area contributed by atoms with E-state index in [2.05, 4.69) is 36.8 Å². The Labute approximate surface area is 116 Å². The number of ketones is 1. The fraction of sp³-hybridized carbons (Fsp3) is 0.0769. The smallest absolute Gasteiger partial charge is 0.195 e. The molecule has 1 heterocycles. The average molecular weight is 355 g/mol. The number of hydrogen-bond donors (Lipinski definition) is 0. The molecule has 2 aromatic rings. The highest BCUT2D eigenvalue weighted by Gasteiger charge is 2.13. The summed E-state index contributed by atoms with van der Waals surface area (Å²) >= 11 is 6.75. The molecule has 1 aromatic carbocycles. The van der Waals surface area contributed by atoms with Crippen LogP contribution in [0.5, 0.6) is 0 Å². The third-order valence-corrected chi connectivity index (χ3v) is 3.49. The van der Waals surface area contributed by atoms with Crippen molar-refractivity contribution in [3.05, 3.63) is 62.3 Å². The molecule has 0 aliphatic carbocycles. The van der Waals surface area contributed by atoms with Gasteiger partial charge in [-0.05, 0) is 36.8 Å². The zero-order valence-corrected chi connectivity index (χ0v) is 12.2. The van der Waals surface area contributed by atoms with Gasteiger partial charge in [0.15, 0.2) is 5.78 Å². The van der Waals surface area contributed by atoms with Gasteiger partial charge in [-0.1, -0.05) is 31.9 Å². The van der Waals surface area contributed by atoms with E-state index in [1.54, 1.807) is 18.5 Å². The number of aromatic nitrogens is 1. The van der Waals surface area contributed by atoms with Crippen molar-refractivity contribution in [2.75, 3.05) is 0 Å². The summed E-state index contributed by atoms with van der Waals surface area (Å²) in [5.74, 6) is -0.0330. The van der Waals surface area contributed by atoms with E-state index in [-0.39, 0.29) is 5.78 Å². The number of benzene rings is 1. The SMILES string of the molecule is Cc1cncc(C(=O)c2cc(Br)ccc2Br)c1. The maximum absolute atomic E-state index is 12.3. The quantitative estimate of drug-likeness (QED) is 0.758. The fourth-order valence-corrected chi connectivity index (χ4v) is 2.29. The predicted molar refractivity (Wildman–Crippen MR) is 74.2 cm³/mol. The molecule has 4 heteroatoms. The summed E-state index contributed by atoms with van der Waals surface area (Å²) in [7, 11) is 0. The van der Waals surface area contributed by atoms with Crippen molar-refractivity contribution < 1.29 is 4.79 Å². The highest BCUT2D eigenvalue weighted by atomic mass is 79.9. The summed E-state index contributed by atoms with van der Waals surface area (Å²) in [6.45, 7) is 1.92. The predicted octanol–water partition coefficient (Wildman–Crippen LogP) is 4.15. The van der Waals surface area contributed by atoms with Gasteiger partial charge >= 0.3 is 0 Å². The second-order valence-corrected chi connectivity index (χ2v) is 5.47. The summed E-state index contributed by atoms with van der Waals surface area (Å²) in [4.78, 5) is 16.3. The Balaban J connectivity index is 2.47. The lowest BCUT2D eigenvalue weighted by atomic mass is 10.0. The van der Waals surface area contributed by atoms with Gasteiger partial charge in [-0.25, -0.2) is 0 Å². The van der Waals surface area contributed by atoms with Crippen molar-refractivity contribution in [1.29, 1.82) is 0 Å². The van der Waals surface area contributed by atoms with Crippen molar-refractivity contribution in [3.63, 3.8) is 0 Å². The van der Waals surface area contributed by atoms with Gasteiger partial charge in [0, 0.05) is 32.5 Å². The van der Waals surface area contributed by atoms with Gasteiger partial charge in [0.05, 0.1) is 0 Å². The van der Waals surface area contributed by atoms with Gasteiger partial charge in [-0.3, -0.25) is 9.78 Å². The van der Waals surface area contributed by atoms with Gasteiger partial charge < -0.3 is 0 Å². The number of nitrogens with zero attached hydrogens (tertiary/aromatic N) is 1. The first-order valence-corrected chi connectivity index (χ1v) is 6.58. The summed E-state index contributed by atoms with van der Waals surface area (Å²) in [6, 6.07) is 7.37. The van der Waals surface area contributed by atoms with E-state index in [9.17, 15) is 4.79 Å². The van der Waals surface area contributed by atoms with E-state index in [4.69, 9.17) is 0 Å². The molecule has 0 spiro atoms. The molecule has 0 saturated heterocycles. The molecule has 0 aliphatic rings. The van der Waals surface area contributed by atoms with Crippen LogP contribution in [-0.4, -0.2) is 10.8 Å². The van der Waals surface area contributed by atoms with Gasteiger partial charge in [-0.15, -0.1) is 0 Å². The Bertz CT molecular complexity index is 581. The van der Waals surface area contributed by atoms with Crippen LogP contribution in [0.3, 0.4) is 0 Å². The monoisotopic (exact) mass is 353 g/mol. The summed E-state index contributed by atoms with van der Waals surface area (Å²) in [6.07, 6.45) is 3.31. The summed E-state index contributed by atoms with van der Waals surface area (Å²) < 4.78 is 1.66. The van der Waals surface area contributed by atoms with Gasteiger partial charge in [-0.2, -0.15) is 0 Å². The number of aryl methyl sites for hydroxylation is 1. The molecule has 1 aromatic heterocycles. The molecule has 0 fully saturated rings. The molecule has 0 radical (unpaired) electrons. The minimum absolute atomic E-state index is 0.0330. The molecule has 0 N–H and O–H groups in total. The zero-order chi connectivity index (χ0) is 12.4. The van der Waals surface area contributed by atoms with E-state index in [0.29, 0.717) is 11.1 Å². The van der Waals surface area contributed by atoms with E-state index in [1.165, 1.54) is 0 Å². The van der Waals surface area contributed by atoms with Crippen LogP contribution < -0.4 is 0 Å². The van der Waals surface area contributed by atoms with Crippen LogP contribution in [0, 0.1) is 6.92 Å². The number of rotatable bonds is 2. The standard InChI is InChI=1S/C13H9Br2NO/c1-8-4-9(7-16-6-8)13(17)11-5-10(14)2-3-12(11)15/h2-7H,1H3. The molecular weight excluding hydrogens is 346 g/mol. The first-order valence-electron chi connectivity index (χ1n) is 4.99. The maximum atomic E-state index is 12.3. The molecule has 0 unspecified atom stereocenters. The number of carbonyl (C=O) groups is 1. The Morgan fingerprint density at radius 1 is 1.18 bits per heavy atom. The number of hydrogen-bond acceptors (Lipinski definition) is 2. The van der Waals surface area contributed by atoms with Crippen LogP contribution in [0.1, 0.15) is 21.5 Å². The van der Waals surface area contributed by atoms with Gasteiger partial charge in [0.2, 0.25) is 0 Å². The number of pyridine rings is 1. The third-order valence-electron chi connectivity index (χ3n) is 2.31. The van der Waals surface area contributed by atoms with Crippen LogP contribution in [0.25, 0.3) is 0 Å². The second kappa shape index (κ2) is 5.10. The zero-order valence-electron chi connectivity index (χ0n) is 9.08. The van der Waals surface area contributed by atoms with Crippen molar-refractivity contribution in [2.24, 2.45) is 0 Å².